The number of hydrogen-bond donors (Lipinski definition) is 1. The molecule has 1 saturated heterocycles. The van der Waals surface area contributed by atoms with Crippen LogP contribution in [-0.4, -0.2) is 58.8 Å². The fraction of sp³-hybridized carbons (Fsp3) is 0.476. The van der Waals surface area contributed by atoms with Crippen LogP contribution >= 0.6 is 11.8 Å². The SMILES string of the molecule is Cc1noc(C)c1CC(=O)N1CCN(C(=O)NC2CCSc3c(F)cccc32)CC1. The van der Waals surface area contributed by atoms with E-state index < -0.39 is 0 Å². The molecule has 0 bridgehead atoms. The number of hydrogen-bond acceptors (Lipinski definition) is 5. The van der Waals surface area contributed by atoms with Crippen LogP contribution in [0.3, 0.4) is 0 Å². The number of amides is 3. The number of rotatable bonds is 3. The van der Waals surface area contributed by atoms with Gasteiger partial charge in [-0.3, -0.25) is 4.79 Å². The highest BCUT2D eigenvalue weighted by Gasteiger charge is 2.29. The van der Waals surface area contributed by atoms with Crippen LogP contribution < -0.4 is 5.32 Å². The summed E-state index contributed by atoms with van der Waals surface area (Å²) in [5.41, 5.74) is 2.41. The third-order valence-electron chi connectivity index (χ3n) is 5.75. The van der Waals surface area contributed by atoms with E-state index in [0.717, 1.165) is 29.0 Å². The maximum atomic E-state index is 14.0. The first-order valence-electron chi connectivity index (χ1n) is 10.1. The predicted octanol–water partition coefficient (Wildman–Crippen LogP) is 3.06. The van der Waals surface area contributed by atoms with Crippen molar-refractivity contribution in [1.82, 2.24) is 20.3 Å². The second-order valence-electron chi connectivity index (χ2n) is 7.64. The summed E-state index contributed by atoms with van der Waals surface area (Å²) < 4.78 is 19.2. The molecule has 1 aromatic carbocycles. The lowest BCUT2D eigenvalue weighted by atomic mass is 10.0. The van der Waals surface area contributed by atoms with Crippen molar-refractivity contribution in [2.75, 3.05) is 31.9 Å². The summed E-state index contributed by atoms with van der Waals surface area (Å²) in [6.07, 6.45) is 1.03. The van der Waals surface area contributed by atoms with E-state index in [1.54, 1.807) is 22.8 Å². The van der Waals surface area contributed by atoms with E-state index in [0.29, 0.717) is 36.8 Å². The van der Waals surface area contributed by atoms with Crippen LogP contribution in [0.15, 0.2) is 27.6 Å². The Labute approximate surface area is 179 Å². The number of benzene rings is 1. The highest BCUT2D eigenvalue weighted by atomic mass is 32.2. The van der Waals surface area contributed by atoms with Crippen LogP contribution in [0.2, 0.25) is 0 Å². The summed E-state index contributed by atoms with van der Waals surface area (Å²) in [7, 11) is 0. The molecule has 2 aliphatic rings. The first-order valence-corrected chi connectivity index (χ1v) is 11.1. The van der Waals surface area contributed by atoms with Crippen molar-refractivity contribution < 1.29 is 18.5 Å². The molecule has 30 heavy (non-hydrogen) atoms. The van der Waals surface area contributed by atoms with Gasteiger partial charge in [0.05, 0.1) is 18.2 Å². The molecule has 1 N–H and O–H groups in total. The van der Waals surface area contributed by atoms with Crippen molar-refractivity contribution in [2.45, 2.75) is 37.6 Å². The Morgan fingerprint density at radius 3 is 2.67 bits per heavy atom. The summed E-state index contributed by atoms with van der Waals surface area (Å²) in [5, 5.41) is 6.94. The maximum absolute atomic E-state index is 14.0. The normalized spacial score (nSPS) is 18.8. The van der Waals surface area contributed by atoms with Crippen LogP contribution in [0.25, 0.3) is 0 Å². The van der Waals surface area contributed by atoms with Gasteiger partial charge in [-0.1, -0.05) is 17.3 Å². The molecule has 0 spiro atoms. The number of nitrogens with one attached hydrogen (secondary N) is 1. The average Bonchev–Trinajstić information content (AvgIpc) is 3.06. The van der Waals surface area contributed by atoms with Gasteiger partial charge in [0, 0.05) is 42.4 Å². The van der Waals surface area contributed by atoms with Gasteiger partial charge in [0.15, 0.2) is 0 Å². The van der Waals surface area contributed by atoms with Crippen molar-refractivity contribution in [3.05, 3.63) is 46.6 Å². The van der Waals surface area contributed by atoms with Crippen molar-refractivity contribution in [3.63, 3.8) is 0 Å². The second-order valence-corrected chi connectivity index (χ2v) is 8.75. The monoisotopic (exact) mass is 432 g/mol. The zero-order valence-corrected chi connectivity index (χ0v) is 17.9. The third kappa shape index (κ3) is 4.16. The van der Waals surface area contributed by atoms with Gasteiger partial charge in [0.2, 0.25) is 5.91 Å². The molecule has 1 unspecified atom stereocenters. The van der Waals surface area contributed by atoms with Gasteiger partial charge >= 0.3 is 6.03 Å². The smallest absolute Gasteiger partial charge is 0.318 e. The number of carbonyl (C=O) groups excluding carboxylic acids is 2. The molecule has 3 amide bonds. The second kappa shape index (κ2) is 8.67. The van der Waals surface area contributed by atoms with Crippen LogP contribution in [0, 0.1) is 19.7 Å². The molecule has 0 saturated carbocycles. The standard InChI is InChI=1S/C21H25FN4O3S/c1-13-16(14(2)29-24-13)12-19(27)25-7-9-26(10-8-25)21(28)23-18-6-11-30-20-15(18)4-3-5-17(20)22/h3-5,18H,6-12H2,1-2H3,(H,23,28). The first kappa shape index (κ1) is 20.7. The van der Waals surface area contributed by atoms with E-state index in [9.17, 15) is 14.0 Å². The molecule has 9 heteroatoms. The molecule has 3 heterocycles. The Bertz CT molecular complexity index is 936. The number of halogens is 1. The van der Waals surface area contributed by atoms with Crippen molar-refractivity contribution >= 4 is 23.7 Å². The van der Waals surface area contributed by atoms with Crippen LogP contribution in [-0.2, 0) is 11.2 Å². The van der Waals surface area contributed by atoms with Crippen molar-refractivity contribution in [3.8, 4) is 0 Å². The van der Waals surface area contributed by atoms with E-state index in [1.807, 2.05) is 13.0 Å². The molecule has 2 aliphatic heterocycles. The largest absolute Gasteiger partial charge is 0.361 e. The molecule has 0 aliphatic carbocycles. The van der Waals surface area contributed by atoms with Crippen LogP contribution in [0.5, 0.6) is 0 Å². The number of fused-ring (bicyclic) bond motifs is 1. The minimum Gasteiger partial charge on any atom is -0.361 e. The lowest BCUT2D eigenvalue weighted by Gasteiger charge is -2.36. The Hall–Kier alpha value is -2.55. The van der Waals surface area contributed by atoms with Gasteiger partial charge in [-0.05, 0) is 31.9 Å². The van der Waals surface area contributed by atoms with E-state index in [1.165, 1.54) is 17.8 Å². The minimum absolute atomic E-state index is 0.0122. The van der Waals surface area contributed by atoms with Gasteiger partial charge in [-0.2, -0.15) is 0 Å². The Morgan fingerprint density at radius 2 is 1.97 bits per heavy atom. The Balaban J connectivity index is 1.32. The van der Waals surface area contributed by atoms with Crippen LogP contribution in [0.4, 0.5) is 9.18 Å². The van der Waals surface area contributed by atoms with Gasteiger partial charge in [-0.25, -0.2) is 9.18 Å². The highest BCUT2D eigenvalue weighted by molar-refractivity contribution is 7.99. The summed E-state index contributed by atoms with van der Waals surface area (Å²) in [5.74, 6) is 1.21. The minimum atomic E-state index is -0.234. The molecule has 7 nitrogen and oxygen atoms in total. The molecular formula is C21H25FN4O3S. The predicted molar refractivity (Wildman–Crippen MR) is 111 cm³/mol. The number of thioether (sulfide) groups is 1. The lowest BCUT2D eigenvalue weighted by Crippen LogP contribution is -2.54. The Morgan fingerprint density at radius 1 is 1.23 bits per heavy atom. The molecule has 1 aromatic heterocycles. The highest BCUT2D eigenvalue weighted by Crippen LogP contribution is 2.37. The molecule has 4 rings (SSSR count). The van der Waals surface area contributed by atoms with E-state index in [4.69, 9.17) is 4.52 Å². The fourth-order valence-electron chi connectivity index (χ4n) is 3.95. The number of aromatic nitrogens is 1. The molecule has 2 aromatic rings. The number of carbonyl (C=O) groups is 2. The number of aryl methyl sites for hydroxylation is 2. The Kier molecular flexibility index (Phi) is 5.99. The molecule has 1 atom stereocenters. The van der Waals surface area contributed by atoms with Gasteiger partial charge in [0.1, 0.15) is 11.6 Å². The van der Waals surface area contributed by atoms with Gasteiger partial charge in [-0.15, -0.1) is 11.8 Å². The molecule has 160 valence electrons. The average molecular weight is 433 g/mol. The van der Waals surface area contributed by atoms with E-state index in [2.05, 4.69) is 10.5 Å². The van der Waals surface area contributed by atoms with Gasteiger partial charge in [0.25, 0.3) is 0 Å². The van der Waals surface area contributed by atoms with E-state index in [-0.39, 0.29) is 30.2 Å². The lowest BCUT2D eigenvalue weighted by molar-refractivity contribution is -0.131. The quantitative estimate of drug-likeness (QED) is 0.807. The van der Waals surface area contributed by atoms with Crippen LogP contribution in [0.1, 0.15) is 35.0 Å². The summed E-state index contributed by atoms with van der Waals surface area (Å²) in [6, 6.07) is 4.65. The number of urea groups is 1. The van der Waals surface area contributed by atoms with E-state index >= 15 is 0 Å². The van der Waals surface area contributed by atoms with Crippen molar-refractivity contribution in [1.29, 1.82) is 0 Å². The number of nitrogens with zero attached hydrogens (tertiary/aromatic N) is 3. The molecular weight excluding hydrogens is 407 g/mol. The summed E-state index contributed by atoms with van der Waals surface area (Å²) in [4.78, 5) is 29.5. The summed E-state index contributed by atoms with van der Waals surface area (Å²) in [6.45, 7) is 5.55. The molecule has 0 radical (unpaired) electrons. The van der Waals surface area contributed by atoms with Crippen molar-refractivity contribution in [2.24, 2.45) is 0 Å². The molecule has 1 fully saturated rings. The summed E-state index contributed by atoms with van der Waals surface area (Å²) >= 11 is 1.49. The fourth-order valence-corrected chi connectivity index (χ4v) is 5.09. The maximum Gasteiger partial charge on any atom is 0.318 e. The number of piperazine rings is 1. The first-order chi connectivity index (χ1) is 14.4. The third-order valence-corrected chi connectivity index (χ3v) is 6.91. The van der Waals surface area contributed by atoms with Gasteiger partial charge < -0.3 is 19.6 Å². The zero-order chi connectivity index (χ0) is 21.3. The zero-order valence-electron chi connectivity index (χ0n) is 17.1. The topological polar surface area (TPSA) is 78.7 Å².